The SMILES string of the molecule is Oc1c([C@H](c2ccc(Cl)cc2)N2CCOCC2)cc(Cl)c2cccnc12. The summed E-state index contributed by atoms with van der Waals surface area (Å²) < 4.78 is 5.50. The third kappa shape index (κ3) is 3.26. The van der Waals surface area contributed by atoms with Crippen LogP contribution in [0.2, 0.25) is 10.0 Å². The Balaban J connectivity index is 1.89. The quantitative estimate of drug-likeness (QED) is 0.707. The van der Waals surface area contributed by atoms with E-state index < -0.39 is 0 Å². The molecule has 2 aromatic carbocycles. The zero-order chi connectivity index (χ0) is 18.1. The fourth-order valence-electron chi connectivity index (χ4n) is 3.48. The summed E-state index contributed by atoms with van der Waals surface area (Å²) in [5, 5.41) is 13.0. The number of rotatable bonds is 3. The minimum Gasteiger partial charge on any atom is -0.505 e. The lowest BCUT2D eigenvalue weighted by Crippen LogP contribution is -2.39. The zero-order valence-electron chi connectivity index (χ0n) is 14.0. The molecule has 1 N–H and O–H groups in total. The van der Waals surface area contributed by atoms with Gasteiger partial charge in [0, 0.05) is 35.3 Å². The lowest BCUT2D eigenvalue weighted by molar-refractivity contribution is 0.0236. The van der Waals surface area contributed by atoms with Crippen LogP contribution in [0.1, 0.15) is 17.2 Å². The number of hydrogen-bond acceptors (Lipinski definition) is 4. The Hall–Kier alpha value is -1.85. The van der Waals surface area contributed by atoms with Crippen LogP contribution in [0, 0.1) is 0 Å². The molecular weight excluding hydrogens is 371 g/mol. The van der Waals surface area contributed by atoms with E-state index in [0.717, 1.165) is 29.6 Å². The number of halogens is 2. The van der Waals surface area contributed by atoms with Gasteiger partial charge < -0.3 is 9.84 Å². The van der Waals surface area contributed by atoms with Crippen molar-refractivity contribution in [1.82, 2.24) is 9.88 Å². The van der Waals surface area contributed by atoms with Crippen molar-refractivity contribution in [3.63, 3.8) is 0 Å². The summed E-state index contributed by atoms with van der Waals surface area (Å²) in [4.78, 5) is 6.62. The van der Waals surface area contributed by atoms with Crippen molar-refractivity contribution in [2.75, 3.05) is 26.3 Å². The number of phenolic OH excluding ortho intramolecular Hbond substituents is 1. The summed E-state index contributed by atoms with van der Waals surface area (Å²) in [6, 6.07) is 13.1. The minimum absolute atomic E-state index is 0.153. The number of nitrogens with zero attached hydrogens (tertiary/aromatic N) is 2. The highest BCUT2D eigenvalue weighted by molar-refractivity contribution is 6.35. The fourth-order valence-corrected chi connectivity index (χ4v) is 3.88. The summed E-state index contributed by atoms with van der Waals surface area (Å²) in [5.41, 5.74) is 2.30. The topological polar surface area (TPSA) is 45.6 Å². The van der Waals surface area contributed by atoms with Crippen LogP contribution in [-0.4, -0.2) is 41.3 Å². The Morgan fingerprint density at radius 2 is 1.81 bits per heavy atom. The Bertz CT molecular complexity index is 925. The molecule has 1 aliphatic heterocycles. The normalized spacial score (nSPS) is 16.7. The molecular formula is C20H18Cl2N2O2. The smallest absolute Gasteiger partial charge is 0.147 e. The number of fused-ring (bicyclic) bond motifs is 1. The first kappa shape index (κ1) is 17.6. The Labute approximate surface area is 161 Å². The van der Waals surface area contributed by atoms with E-state index in [0.29, 0.717) is 28.8 Å². The van der Waals surface area contributed by atoms with E-state index in [-0.39, 0.29) is 11.8 Å². The maximum absolute atomic E-state index is 11.0. The van der Waals surface area contributed by atoms with E-state index in [2.05, 4.69) is 9.88 Å². The third-order valence-corrected chi connectivity index (χ3v) is 5.30. The summed E-state index contributed by atoms with van der Waals surface area (Å²) >= 11 is 12.6. The van der Waals surface area contributed by atoms with E-state index in [1.54, 1.807) is 6.20 Å². The maximum Gasteiger partial charge on any atom is 0.147 e. The van der Waals surface area contributed by atoms with Crippen molar-refractivity contribution < 1.29 is 9.84 Å². The van der Waals surface area contributed by atoms with Gasteiger partial charge in [-0.3, -0.25) is 9.88 Å². The molecule has 6 heteroatoms. The first-order chi connectivity index (χ1) is 12.6. The van der Waals surface area contributed by atoms with E-state index in [1.807, 2.05) is 42.5 Å². The monoisotopic (exact) mass is 388 g/mol. The van der Waals surface area contributed by atoms with Crippen LogP contribution in [0.15, 0.2) is 48.7 Å². The van der Waals surface area contributed by atoms with Gasteiger partial charge in [-0.1, -0.05) is 35.3 Å². The molecule has 2 heterocycles. The van der Waals surface area contributed by atoms with Crippen LogP contribution in [0.25, 0.3) is 10.9 Å². The second-order valence-electron chi connectivity index (χ2n) is 6.30. The van der Waals surface area contributed by atoms with Crippen LogP contribution < -0.4 is 0 Å². The summed E-state index contributed by atoms with van der Waals surface area (Å²) in [7, 11) is 0. The third-order valence-electron chi connectivity index (χ3n) is 4.74. The van der Waals surface area contributed by atoms with Gasteiger partial charge in [0.15, 0.2) is 0 Å². The van der Waals surface area contributed by atoms with Gasteiger partial charge in [0.1, 0.15) is 11.3 Å². The van der Waals surface area contributed by atoms with E-state index in [9.17, 15) is 5.11 Å². The molecule has 26 heavy (non-hydrogen) atoms. The minimum atomic E-state index is -0.153. The number of benzene rings is 2. The van der Waals surface area contributed by atoms with Crippen LogP contribution >= 0.6 is 23.2 Å². The van der Waals surface area contributed by atoms with Crippen LogP contribution in [0.5, 0.6) is 5.75 Å². The molecule has 1 fully saturated rings. The predicted octanol–water partition coefficient (Wildman–Crippen LogP) is 4.67. The number of pyridine rings is 1. The van der Waals surface area contributed by atoms with Gasteiger partial charge in [0.25, 0.3) is 0 Å². The van der Waals surface area contributed by atoms with Crippen LogP contribution in [-0.2, 0) is 4.74 Å². The molecule has 1 atom stereocenters. The highest BCUT2D eigenvalue weighted by Crippen LogP contribution is 2.41. The van der Waals surface area contributed by atoms with E-state index >= 15 is 0 Å². The van der Waals surface area contributed by atoms with E-state index in [4.69, 9.17) is 27.9 Å². The van der Waals surface area contributed by atoms with Gasteiger partial charge in [-0.2, -0.15) is 0 Å². The fraction of sp³-hybridized carbons (Fsp3) is 0.250. The Kier molecular flexibility index (Phi) is 5.00. The summed E-state index contributed by atoms with van der Waals surface area (Å²) in [5.74, 6) is 0.163. The molecule has 4 rings (SSSR count). The number of morpholine rings is 1. The summed E-state index contributed by atoms with van der Waals surface area (Å²) in [6.07, 6.45) is 1.66. The van der Waals surface area contributed by atoms with Gasteiger partial charge in [0.05, 0.1) is 24.3 Å². The first-order valence-corrected chi connectivity index (χ1v) is 9.24. The molecule has 0 amide bonds. The van der Waals surface area contributed by atoms with Gasteiger partial charge in [-0.05, 0) is 35.9 Å². The Morgan fingerprint density at radius 1 is 1.08 bits per heavy atom. The molecule has 3 aromatic rings. The van der Waals surface area contributed by atoms with Crippen molar-refractivity contribution in [2.24, 2.45) is 0 Å². The largest absolute Gasteiger partial charge is 0.505 e. The first-order valence-electron chi connectivity index (χ1n) is 8.48. The molecule has 0 bridgehead atoms. The van der Waals surface area contributed by atoms with Crippen molar-refractivity contribution in [3.05, 3.63) is 69.8 Å². The zero-order valence-corrected chi connectivity index (χ0v) is 15.5. The Morgan fingerprint density at radius 3 is 2.54 bits per heavy atom. The average molecular weight is 389 g/mol. The van der Waals surface area contributed by atoms with Crippen LogP contribution in [0.4, 0.5) is 0 Å². The number of ether oxygens (including phenoxy) is 1. The maximum atomic E-state index is 11.0. The lowest BCUT2D eigenvalue weighted by Gasteiger charge is -2.35. The average Bonchev–Trinajstić information content (AvgIpc) is 2.68. The molecule has 0 saturated carbocycles. The number of aromatic nitrogens is 1. The molecule has 1 aromatic heterocycles. The van der Waals surface area contributed by atoms with Gasteiger partial charge in [-0.25, -0.2) is 0 Å². The van der Waals surface area contributed by atoms with Crippen LogP contribution in [0.3, 0.4) is 0 Å². The molecule has 134 valence electrons. The molecule has 1 aliphatic rings. The number of phenols is 1. The van der Waals surface area contributed by atoms with Gasteiger partial charge in [-0.15, -0.1) is 0 Å². The van der Waals surface area contributed by atoms with Crippen molar-refractivity contribution >= 4 is 34.1 Å². The standard InChI is InChI=1S/C20H18Cl2N2O2/c21-14-5-3-13(4-6-14)19(24-8-10-26-11-9-24)16-12-17(22)15-2-1-7-23-18(15)20(16)25/h1-7,12,19,25H,8-11H2/t19-/m0/s1. The van der Waals surface area contributed by atoms with E-state index in [1.165, 1.54) is 0 Å². The lowest BCUT2D eigenvalue weighted by atomic mass is 9.94. The van der Waals surface area contributed by atoms with Gasteiger partial charge >= 0.3 is 0 Å². The molecule has 0 spiro atoms. The molecule has 4 nitrogen and oxygen atoms in total. The number of aromatic hydroxyl groups is 1. The highest BCUT2D eigenvalue weighted by atomic mass is 35.5. The molecule has 1 saturated heterocycles. The second-order valence-corrected chi connectivity index (χ2v) is 7.14. The second kappa shape index (κ2) is 7.41. The van der Waals surface area contributed by atoms with Crippen molar-refractivity contribution in [1.29, 1.82) is 0 Å². The van der Waals surface area contributed by atoms with Crippen molar-refractivity contribution in [2.45, 2.75) is 6.04 Å². The highest BCUT2D eigenvalue weighted by Gasteiger charge is 2.28. The molecule has 0 radical (unpaired) electrons. The van der Waals surface area contributed by atoms with Gasteiger partial charge in [0.2, 0.25) is 0 Å². The number of hydrogen-bond donors (Lipinski definition) is 1. The predicted molar refractivity (Wildman–Crippen MR) is 104 cm³/mol. The van der Waals surface area contributed by atoms with Crippen molar-refractivity contribution in [3.8, 4) is 5.75 Å². The summed E-state index contributed by atoms with van der Waals surface area (Å²) in [6.45, 7) is 2.85. The molecule has 0 unspecified atom stereocenters. The molecule has 0 aliphatic carbocycles.